The zero-order valence-corrected chi connectivity index (χ0v) is 23.2. The summed E-state index contributed by atoms with van der Waals surface area (Å²) in [6, 6.07) is 14.0. The smallest absolute Gasteiger partial charge is 0.357 e. The summed E-state index contributed by atoms with van der Waals surface area (Å²) < 4.78 is 41.1. The molecule has 0 unspecified atom stereocenters. The summed E-state index contributed by atoms with van der Waals surface area (Å²) in [7, 11) is -6.17. The first-order valence-corrected chi connectivity index (χ1v) is 16.3. The lowest BCUT2D eigenvalue weighted by Gasteiger charge is -2.36. The van der Waals surface area contributed by atoms with Crippen molar-refractivity contribution in [3.8, 4) is 0 Å². The number of ether oxygens (including phenoxy) is 1. The minimum absolute atomic E-state index is 0.0165. The normalized spacial score (nSPS) is 14.4. The fraction of sp³-hybridized carbons (Fsp3) is 0.333. The predicted octanol–water partition coefficient (Wildman–Crippen LogP) is 5.93. The molecule has 0 atom stereocenters. The van der Waals surface area contributed by atoms with Crippen molar-refractivity contribution in [2.24, 2.45) is 0 Å². The van der Waals surface area contributed by atoms with Gasteiger partial charge in [0, 0.05) is 16.3 Å². The van der Waals surface area contributed by atoms with Crippen LogP contribution in [0.15, 0.2) is 53.4 Å². The van der Waals surface area contributed by atoms with E-state index in [2.05, 4.69) is 38.8 Å². The van der Waals surface area contributed by atoms with Gasteiger partial charge in [-0.05, 0) is 48.8 Å². The Balaban J connectivity index is 1.83. The molecule has 0 aliphatic carbocycles. The Hall–Kier alpha value is -3.01. The number of esters is 1. The third-order valence-electron chi connectivity index (χ3n) is 7.46. The van der Waals surface area contributed by atoms with Gasteiger partial charge in [0.05, 0.1) is 17.0 Å². The molecule has 7 nitrogen and oxygen atoms in total. The SMILES string of the molecule is Cc1ccc(S(=O)(=O)n2c3ccccc3c3c(CO[Si](C)(C)C(C)(C)C)c4c(nc32)C(=O)OC4)cc1. The summed E-state index contributed by atoms with van der Waals surface area (Å²) in [6.45, 7) is 13.1. The van der Waals surface area contributed by atoms with E-state index < -0.39 is 24.3 Å². The highest BCUT2D eigenvalue weighted by Gasteiger charge is 2.39. The molecule has 0 spiro atoms. The zero-order valence-electron chi connectivity index (χ0n) is 21.4. The highest BCUT2D eigenvalue weighted by Crippen LogP contribution is 2.41. The Labute approximate surface area is 212 Å². The van der Waals surface area contributed by atoms with Crippen LogP contribution in [0.4, 0.5) is 0 Å². The van der Waals surface area contributed by atoms with Crippen molar-refractivity contribution >= 4 is 46.2 Å². The average molecular weight is 523 g/mol. The second-order valence-electron chi connectivity index (χ2n) is 10.8. The number of hydrogen-bond acceptors (Lipinski definition) is 6. The van der Waals surface area contributed by atoms with Gasteiger partial charge in [-0.15, -0.1) is 0 Å². The van der Waals surface area contributed by atoms with E-state index in [1.165, 1.54) is 3.97 Å². The standard InChI is InChI=1S/C27H30N2O5SSi/c1-17-11-13-18(14-12-17)35(31,32)29-22-10-8-7-9-19(22)23-20(16-34-36(5,6)27(2,3)4)21-15-33-26(30)24(21)28-25(23)29/h7-14H,15-16H2,1-6H3. The minimum atomic E-state index is -4.01. The summed E-state index contributed by atoms with van der Waals surface area (Å²) in [4.78, 5) is 17.4. The summed E-state index contributed by atoms with van der Waals surface area (Å²) in [6.07, 6.45) is 0. The Kier molecular flexibility index (Phi) is 5.66. The molecule has 1 aliphatic heterocycles. The molecule has 2 aromatic carbocycles. The van der Waals surface area contributed by atoms with Gasteiger partial charge in [-0.2, -0.15) is 0 Å². The lowest BCUT2D eigenvalue weighted by molar-refractivity contribution is 0.0530. The zero-order chi connectivity index (χ0) is 26.0. The average Bonchev–Trinajstić information content (AvgIpc) is 3.34. The fourth-order valence-electron chi connectivity index (χ4n) is 4.28. The van der Waals surface area contributed by atoms with E-state index in [1.54, 1.807) is 36.4 Å². The Bertz CT molecular complexity index is 1630. The molecule has 188 valence electrons. The van der Waals surface area contributed by atoms with E-state index in [-0.39, 0.29) is 34.5 Å². The number of carbonyl (C=O) groups excluding carboxylic acids is 1. The second kappa shape index (κ2) is 8.26. The van der Waals surface area contributed by atoms with Crippen LogP contribution in [0.3, 0.4) is 0 Å². The van der Waals surface area contributed by atoms with Gasteiger partial charge in [-0.3, -0.25) is 0 Å². The summed E-state index contributed by atoms with van der Waals surface area (Å²) >= 11 is 0. The third-order valence-corrected chi connectivity index (χ3v) is 13.7. The van der Waals surface area contributed by atoms with Crippen LogP contribution in [-0.4, -0.2) is 31.7 Å². The second-order valence-corrected chi connectivity index (χ2v) is 17.4. The summed E-state index contributed by atoms with van der Waals surface area (Å²) in [5.74, 6) is -0.551. The van der Waals surface area contributed by atoms with Crippen LogP contribution >= 0.6 is 0 Å². The van der Waals surface area contributed by atoms with Crippen molar-refractivity contribution in [1.29, 1.82) is 0 Å². The van der Waals surface area contributed by atoms with Crippen LogP contribution in [0.25, 0.3) is 21.9 Å². The largest absolute Gasteiger partial charge is 0.456 e. The van der Waals surface area contributed by atoms with E-state index in [1.807, 2.05) is 19.1 Å². The van der Waals surface area contributed by atoms with Gasteiger partial charge in [-0.25, -0.2) is 22.2 Å². The number of fused-ring (bicyclic) bond motifs is 4. The number of hydrogen-bond donors (Lipinski definition) is 0. The number of nitrogens with zero attached hydrogens (tertiary/aromatic N) is 2. The van der Waals surface area contributed by atoms with Crippen molar-refractivity contribution in [2.45, 2.75) is 63.9 Å². The minimum Gasteiger partial charge on any atom is -0.456 e. The first kappa shape index (κ1) is 24.7. The number of para-hydroxylation sites is 1. The molecule has 0 saturated carbocycles. The van der Waals surface area contributed by atoms with Crippen LogP contribution < -0.4 is 0 Å². The number of rotatable bonds is 5. The van der Waals surface area contributed by atoms with Crippen molar-refractivity contribution in [3.05, 3.63) is 70.9 Å². The van der Waals surface area contributed by atoms with Crippen LogP contribution in [0.2, 0.25) is 18.1 Å². The van der Waals surface area contributed by atoms with Crippen molar-refractivity contribution in [3.63, 3.8) is 0 Å². The van der Waals surface area contributed by atoms with E-state index in [4.69, 9.17) is 9.16 Å². The summed E-state index contributed by atoms with van der Waals surface area (Å²) in [5.41, 5.74) is 3.26. The van der Waals surface area contributed by atoms with Crippen molar-refractivity contribution < 1.29 is 22.4 Å². The first-order valence-electron chi connectivity index (χ1n) is 11.9. The Morgan fingerprint density at radius 2 is 1.75 bits per heavy atom. The molecular weight excluding hydrogens is 492 g/mol. The molecule has 0 fully saturated rings. The predicted molar refractivity (Wildman–Crippen MR) is 142 cm³/mol. The van der Waals surface area contributed by atoms with Crippen LogP contribution in [0.5, 0.6) is 0 Å². The molecule has 36 heavy (non-hydrogen) atoms. The van der Waals surface area contributed by atoms with Gasteiger partial charge in [-0.1, -0.05) is 56.7 Å². The molecule has 0 saturated heterocycles. The molecule has 0 amide bonds. The molecule has 0 radical (unpaired) electrons. The van der Waals surface area contributed by atoms with Crippen LogP contribution in [0, 0.1) is 6.92 Å². The molecule has 0 bridgehead atoms. The van der Waals surface area contributed by atoms with E-state index in [9.17, 15) is 13.2 Å². The molecule has 0 N–H and O–H groups in total. The molecule has 3 heterocycles. The van der Waals surface area contributed by atoms with E-state index in [0.717, 1.165) is 16.5 Å². The maximum atomic E-state index is 14.0. The van der Waals surface area contributed by atoms with Crippen LogP contribution in [-0.2, 0) is 32.4 Å². The Morgan fingerprint density at radius 3 is 2.42 bits per heavy atom. The van der Waals surface area contributed by atoms with E-state index >= 15 is 0 Å². The highest BCUT2D eigenvalue weighted by molar-refractivity contribution is 7.90. The number of cyclic esters (lactones) is 1. The topological polar surface area (TPSA) is 87.5 Å². The van der Waals surface area contributed by atoms with Gasteiger partial charge in [0.2, 0.25) is 0 Å². The highest BCUT2D eigenvalue weighted by atomic mass is 32.2. The maximum absolute atomic E-state index is 14.0. The number of benzene rings is 2. The first-order chi connectivity index (χ1) is 16.8. The molecule has 2 aromatic heterocycles. The van der Waals surface area contributed by atoms with Crippen molar-refractivity contribution in [1.82, 2.24) is 8.96 Å². The monoisotopic (exact) mass is 522 g/mol. The van der Waals surface area contributed by atoms with Gasteiger partial charge in [0.1, 0.15) is 6.61 Å². The fourth-order valence-corrected chi connectivity index (χ4v) is 6.69. The molecule has 4 aromatic rings. The number of aromatic nitrogens is 2. The number of carbonyl (C=O) groups is 1. The van der Waals surface area contributed by atoms with Gasteiger partial charge in [0.25, 0.3) is 10.0 Å². The maximum Gasteiger partial charge on any atom is 0.357 e. The molecule has 1 aliphatic rings. The van der Waals surface area contributed by atoms with E-state index in [0.29, 0.717) is 16.5 Å². The number of aryl methyl sites for hydroxylation is 1. The van der Waals surface area contributed by atoms with Gasteiger partial charge in [0.15, 0.2) is 19.7 Å². The van der Waals surface area contributed by atoms with Gasteiger partial charge < -0.3 is 9.16 Å². The molecule has 9 heteroatoms. The quantitative estimate of drug-likeness (QED) is 0.239. The summed E-state index contributed by atoms with van der Waals surface area (Å²) in [5, 5.41) is 1.40. The lowest BCUT2D eigenvalue weighted by atomic mass is 10.0. The third kappa shape index (κ3) is 3.77. The van der Waals surface area contributed by atoms with Crippen LogP contribution in [0.1, 0.15) is 48.0 Å². The Morgan fingerprint density at radius 1 is 1.08 bits per heavy atom. The molecule has 5 rings (SSSR count). The molecular formula is C27H30N2O5SSi. The van der Waals surface area contributed by atoms with Crippen molar-refractivity contribution in [2.75, 3.05) is 0 Å². The number of pyridine rings is 1. The van der Waals surface area contributed by atoms with Gasteiger partial charge >= 0.3 is 5.97 Å². The lowest BCUT2D eigenvalue weighted by Crippen LogP contribution is -2.40.